The Morgan fingerprint density at radius 2 is 0.343 bits per heavy atom. The van der Waals surface area contributed by atoms with Crippen molar-refractivity contribution in [3.05, 3.63) is 0 Å². The average Bonchev–Trinajstić information content (AvgIpc) is 3.36. The minimum atomic E-state index is -2.15. The van der Waals surface area contributed by atoms with Crippen molar-refractivity contribution in [3.8, 4) is 0 Å². The molecule has 0 saturated carbocycles. The lowest BCUT2D eigenvalue weighted by Gasteiger charge is -2.50. The minimum Gasteiger partial charge on any atom is -0.394 e. The zero-order valence-corrected chi connectivity index (χ0v) is 37.9. The van der Waals surface area contributed by atoms with E-state index in [1.807, 2.05) is 0 Å². The van der Waals surface area contributed by atoms with E-state index in [0.29, 0.717) is 0 Å². The molecule has 22 aliphatic heterocycles. The fraction of sp³-hybridized carbons (Fsp3) is 1.00. The molecule has 22 heterocycles. The van der Waals surface area contributed by atoms with E-state index >= 15 is 0 Å². The second-order valence-corrected chi connectivity index (χ2v) is 17.8. The van der Waals surface area contributed by atoms with Gasteiger partial charge in [-0.05, 0) is 0 Å². The molecule has 12 bridgehead atoms. The highest BCUT2D eigenvalue weighted by molar-refractivity contribution is 5.01. The number of aliphatic hydroxyl groups excluding tert-OH is 18. The number of rotatable bonds is 7. The van der Waals surface area contributed by atoms with Gasteiger partial charge in [-0.25, -0.2) is 0 Å². The van der Waals surface area contributed by atoms with Gasteiger partial charge in [0.05, 0.1) is 39.6 Å². The van der Waals surface area contributed by atoms with Crippen molar-refractivity contribution < 1.29 is 149 Å². The fourth-order valence-corrected chi connectivity index (χ4v) is 8.93. The van der Waals surface area contributed by atoms with Crippen LogP contribution >= 0.6 is 0 Å². The molecule has 0 aliphatic carbocycles. The molecule has 18 N–H and O–H groups in total. The van der Waals surface area contributed by atoms with Crippen LogP contribution in [-0.2, 0) is 56.8 Å². The zero-order valence-electron chi connectivity index (χ0n) is 37.9. The molecule has 30 heteroatoms. The van der Waals surface area contributed by atoms with Crippen LogP contribution in [0, 0.1) is 0 Å². The van der Waals surface area contributed by atoms with Crippen LogP contribution in [0.5, 0.6) is 0 Å². The van der Waals surface area contributed by atoms with Gasteiger partial charge in [0.1, 0.15) is 146 Å². The van der Waals surface area contributed by atoms with Gasteiger partial charge in [-0.2, -0.15) is 0 Å². The maximum Gasteiger partial charge on any atom is 0.187 e. The molecule has 70 heavy (non-hydrogen) atoms. The third kappa shape index (κ3) is 11.9. The Morgan fingerprint density at radius 1 is 0.214 bits per heavy atom. The van der Waals surface area contributed by atoms with Crippen molar-refractivity contribution in [2.75, 3.05) is 39.6 Å². The molecule has 0 radical (unpaired) electrons. The lowest BCUT2D eigenvalue weighted by atomic mass is 9.94. The summed E-state index contributed by atoms with van der Waals surface area (Å²) >= 11 is 0. The number of hydrogen-bond donors (Lipinski definition) is 18. The van der Waals surface area contributed by atoms with E-state index in [2.05, 4.69) is 13.8 Å². The highest BCUT2D eigenvalue weighted by atomic mass is 16.8. The first-order chi connectivity index (χ1) is 33.3. The first kappa shape index (κ1) is 58.1. The lowest BCUT2D eigenvalue weighted by Crippen LogP contribution is -2.69. The van der Waals surface area contributed by atoms with Crippen LogP contribution in [-0.4, -0.2) is 316 Å². The van der Waals surface area contributed by atoms with Gasteiger partial charge in [-0.1, -0.05) is 26.7 Å². The summed E-state index contributed by atoms with van der Waals surface area (Å²) in [6.45, 7) is -1.63. The predicted octanol–water partition coefficient (Wildman–Crippen LogP) is -11.2. The SMILES string of the molecule is CCCC.OC[C@H]1O[C@@H]2O[C@H]3[C@H](O)[C@@H](O)[C@@H](O[C@H]4[C@H](O)[C@@H](O)[C@@H](O[C@H]5[C@H](O)[C@@H](O)[C@@H](O[C@H]6[C@H](O)[C@@H](O)[C@@H](O[C@H]7[C@H](O)[C@@H](O)[C@@H](O[C@H]1[C@H](O)[C@H]2O)O[C@@H]7CO)O[C@@H]6CO)O[C@@H]5CO)O[C@@H]4CO)O[C@@H]3CO. The van der Waals surface area contributed by atoms with Crippen molar-refractivity contribution >= 4 is 0 Å². The molecular weight excluding hydrogens is 960 g/mol. The van der Waals surface area contributed by atoms with Crippen LogP contribution in [0.4, 0.5) is 0 Å². The van der Waals surface area contributed by atoms with Crippen LogP contribution in [0.25, 0.3) is 0 Å². The monoisotopic (exact) mass is 1030 g/mol. The Balaban J connectivity index is 0.00000193. The molecule has 0 spiro atoms. The van der Waals surface area contributed by atoms with Gasteiger partial charge < -0.3 is 149 Å². The number of hydrogen-bond acceptors (Lipinski definition) is 30. The van der Waals surface area contributed by atoms with Gasteiger partial charge in [0, 0.05) is 0 Å². The smallest absolute Gasteiger partial charge is 0.187 e. The quantitative estimate of drug-likeness (QED) is 0.113. The summed E-state index contributed by atoms with van der Waals surface area (Å²) in [6.07, 6.45) is -55.8. The molecule has 22 saturated heterocycles. The third-order valence-electron chi connectivity index (χ3n) is 13.2. The maximum atomic E-state index is 11.2. The second kappa shape index (κ2) is 25.6. The second-order valence-electron chi connectivity index (χ2n) is 17.8. The van der Waals surface area contributed by atoms with Crippen molar-refractivity contribution in [1.29, 1.82) is 0 Å². The summed E-state index contributed by atoms with van der Waals surface area (Å²) in [4.78, 5) is 0. The fourth-order valence-electron chi connectivity index (χ4n) is 8.93. The molecular formula is C40H70O30. The molecule has 0 unspecified atom stereocenters. The summed E-state index contributed by atoms with van der Waals surface area (Å²) in [5, 5.41) is 196. The molecule has 22 aliphatic rings. The van der Waals surface area contributed by atoms with Gasteiger partial charge in [0.2, 0.25) is 0 Å². The van der Waals surface area contributed by atoms with Gasteiger partial charge >= 0.3 is 0 Å². The normalized spacial score (nSPS) is 52.6. The van der Waals surface area contributed by atoms with Crippen LogP contribution in [0.15, 0.2) is 0 Å². The van der Waals surface area contributed by atoms with E-state index in [9.17, 15) is 91.9 Å². The van der Waals surface area contributed by atoms with E-state index in [0.717, 1.165) is 0 Å². The van der Waals surface area contributed by atoms with Gasteiger partial charge in [0.25, 0.3) is 0 Å². The van der Waals surface area contributed by atoms with Crippen LogP contribution in [0.1, 0.15) is 26.7 Å². The first-order valence-electron chi connectivity index (χ1n) is 23.0. The molecule has 0 amide bonds. The molecule has 410 valence electrons. The molecule has 22 fully saturated rings. The Labute approximate surface area is 399 Å². The topological polar surface area (TPSA) is 475 Å². The van der Waals surface area contributed by atoms with Crippen molar-refractivity contribution in [2.45, 2.75) is 211 Å². The third-order valence-corrected chi connectivity index (χ3v) is 13.2. The highest BCUT2D eigenvalue weighted by Crippen LogP contribution is 2.38. The first-order valence-corrected chi connectivity index (χ1v) is 23.0. The highest BCUT2D eigenvalue weighted by Gasteiger charge is 2.58. The molecule has 30 atom stereocenters. The number of ether oxygens (including phenoxy) is 12. The van der Waals surface area contributed by atoms with Crippen LogP contribution < -0.4 is 0 Å². The Hall–Kier alpha value is -1.20. The lowest BCUT2D eigenvalue weighted by molar-refractivity contribution is -0.404. The summed E-state index contributed by atoms with van der Waals surface area (Å²) in [5.41, 5.74) is 0. The van der Waals surface area contributed by atoms with Crippen LogP contribution in [0.3, 0.4) is 0 Å². The number of unbranched alkanes of at least 4 members (excludes halogenated alkanes) is 1. The minimum absolute atomic E-state index is 0.999. The standard InChI is InChI=1S/C36H60O30.C4H10/c37-1-7-25-13(43)19(49)31(55-7)62-26-8(2-38)57-33(21(51)15(26)45)64-28-10(4-40)59-35(23(53)17(28)47)66-30-12(6-42)60-36(24(54)18(30)48)65-29-11(5-41)58-34(22(52)16(29)46)63-27-9(3-39)56-32(61-25)20(50)14(27)44;1-3-4-2/h7-54H,1-6H2;3-4H2,1-2H3/t7-,8-,9-,10-,11-,12-,13-,14-,15-,16-,17-,18-,19-,20-,21-,22-,23-,24-,25-,26-,27-,28-,29-,30-,31-,32-,33-,34-,35-,36-;/m1./s1. The maximum absolute atomic E-state index is 11.2. The Kier molecular flexibility index (Phi) is 21.2. The Bertz CT molecular complexity index is 1270. The Morgan fingerprint density at radius 3 is 0.443 bits per heavy atom. The van der Waals surface area contributed by atoms with E-state index in [4.69, 9.17) is 56.8 Å². The summed E-state index contributed by atoms with van der Waals surface area (Å²) in [6, 6.07) is 0. The zero-order chi connectivity index (χ0) is 51.5. The van der Waals surface area contributed by atoms with Gasteiger partial charge in [-0.15, -0.1) is 0 Å². The summed E-state index contributed by atoms with van der Waals surface area (Å²) < 4.78 is 67.9. The molecule has 0 aromatic heterocycles. The van der Waals surface area contributed by atoms with Crippen molar-refractivity contribution in [3.63, 3.8) is 0 Å². The summed E-state index contributed by atoms with van der Waals surface area (Å²) in [5.74, 6) is 0. The molecule has 30 nitrogen and oxygen atoms in total. The van der Waals surface area contributed by atoms with Crippen LogP contribution in [0.2, 0.25) is 0 Å². The predicted molar refractivity (Wildman–Crippen MR) is 216 cm³/mol. The molecule has 0 aromatic carbocycles. The molecule has 22 rings (SSSR count). The summed E-state index contributed by atoms with van der Waals surface area (Å²) in [7, 11) is 0. The van der Waals surface area contributed by atoms with Gasteiger partial charge in [0.15, 0.2) is 37.7 Å². The average molecular weight is 1030 g/mol. The van der Waals surface area contributed by atoms with Crippen molar-refractivity contribution in [2.24, 2.45) is 0 Å². The van der Waals surface area contributed by atoms with E-state index in [1.165, 1.54) is 12.8 Å². The van der Waals surface area contributed by atoms with E-state index in [1.54, 1.807) is 0 Å². The number of aliphatic hydroxyl groups is 18. The van der Waals surface area contributed by atoms with Gasteiger partial charge in [-0.3, -0.25) is 0 Å². The van der Waals surface area contributed by atoms with Crippen molar-refractivity contribution in [1.82, 2.24) is 0 Å². The van der Waals surface area contributed by atoms with E-state index in [-0.39, 0.29) is 0 Å². The largest absolute Gasteiger partial charge is 0.394 e. The van der Waals surface area contributed by atoms with E-state index < -0.39 is 224 Å². The molecule has 0 aromatic rings.